The molecular formula is C36H44N6O5. The highest BCUT2D eigenvalue weighted by atomic mass is 16.7. The molecule has 248 valence electrons. The first-order valence-electron chi connectivity index (χ1n) is 16.2. The van der Waals surface area contributed by atoms with Crippen LogP contribution in [-0.2, 0) is 29.0 Å². The highest BCUT2D eigenvalue weighted by Gasteiger charge is 2.30. The number of aromatic nitrogens is 2. The lowest BCUT2D eigenvalue weighted by Gasteiger charge is -2.38. The highest BCUT2D eigenvalue weighted by Crippen LogP contribution is 2.37. The summed E-state index contributed by atoms with van der Waals surface area (Å²) >= 11 is 0. The molecule has 1 fully saturated rings. The normalized spacial score (nSPS) is 15.5. The molecule has 0 saturated carbocycles. The van der Waals surface area contributed by atoms with Gasteiger partial charge in [0.1, 0.15) is 24.3 Å². The van der Waals surface area contributed by atoms with Crippen LogP contribution in [0.2, 0.25) is 0 Å². The van der Waals surface area contributed by atoms with Crippen molar-refractivity contribution in [3.8, 4) is 11.8 Å². The molecule has 0 N–H and O–H groups in total. The standard InChI is InChI=1S/C36H44N6O5/c1-26(22-39(2)3)47-35-37-32-23-42(33-21-29(46-25-44-4)20-28-12-8-9-13-30(28)33)15-14-31(32)34(38-35)40-16-18-41(19-17-40)36(43)45-24-27-10-6-5-7-11-27/h5-13,20-21,26H,14-19,22-25H2,1-4H3/t26-/m0/s1. The monoisotopic (exact) mass is 640 g/mol. The molecule has 0 unspecified atom stereocenters. The first kappa shape index (κ1) is 32.3. The number of nitrogens with zero attached hydrogens (tertiary/aromatic N) is 6. The van der Waals surface area contributed by atoms with Gasteiger partial charge in [-0.15, -0.1) is 0 Å². The fourth-order valence-electron chi connectivity index (χ4n) is 6.29. The van der Waals surface area contributed by atoms with Gasteiger partial charge in [0, 0.05) is 69.1 Å². The van der Waals surface area contributed by atoms with Gasteiger partial charge >= 0.3 is 12.1 Å². The van der Waals surface area contributed by atoms with E-state index in [1.54, 1.807) is 12.0 Å². The number of fused-ring (bicyclic) bond motifs is 2. The summed E-state index contributed by atoms with van der Waals surface area (Å²) in [6, 6.07) is 22.6. The van der Waals surface area contributed by atoms with Crippen LogP contribution in [0.4, 0.5) is 16.3 Å². The van der Waals surface area contributed by atoms with Crippen molar-refractivity contribution in [2.24, 2.45) is 0 Å². The summed E-state index contributed by atoms with van der Waals surface area (Å²) in [5, 5.41) is 2.26. The number of carbonyl (C=O) groups is 1. The zero-order chi connectivity index (χ0) is 32.8. The van der Waals surface area contributed by atoms with Crippen LogP contribution in [0.1, 0.15) is 23.7 Å². The summed E-state index contributed by atoms with van der Waals surface area (Å²) in [6.07, 6.45) is 0.388. The van der Waals surface area contributed by atoms with Crippen LogP contribution >= 0.6 is 0 Å². The Bertz CT molecular complexity index is 1660. The summed E-state index contributed by atoms with van der Waals surface area (Å²) in [6.45, 7) is 7.00. The largest absolute Gasteiger partial charge is 0.467 e. The van der Waals surface area contributed by atoms with E-state index in [4.69, 9.17) is 28.9 Å². The van der Waals surface area contributed by atoms with Gasteiger partial charge in [-0.25, -0.2) is 4.79 Å². The molecule has 1 amide bonds. The Morgan fingerprint density at radius 3 is 2.47 bits per heavy atom. The van der Waals surface area contributed by atoms with E-state index in [-0.39, 0.29) is 25.6 Å². The molecular weight excluding hydrogens is 596 g/mol. The van der Waals surface area contributed by atoms with E-state index in [9.17, 15) is 4.79 Å². The molecule has 0 aliphatic carbocycles. The average Bonchev–Trinajstić information content (AvgIpc) is 3.09. The van der Waals surface area contributed by atoms with Crippen molar-refractivity contribution in [3.05, 3.63) is 83.6 Å². The van der Waals surface area contributed by atoms with Crippen LogP contribution in [0, 0.1) is 0 Å². The number of hydrogen-bond acceptors (Lipinski definition) is 10. The number of rotatable bonds is 11. The van der Waals surface area contributed by atoms with Crippen molar-refractivity contribution in [2.45, 2.75) is 32.6 Å². The number of likely N-dealkylation sites (N-methyl/N-ethyl adjacent to an activating group) is 1. The third-order valence-corrected chi connectivity index (χ3v) is 8.49. The lowest BCUT2D eigenvalue weighted by molar-refractivity contribution is 0.0512. The summed E-state index contributed by atoms with van der Waals surface area (Å²) in [7, 11) is 5.67. The van der Waals surface area contributed by atoms with E-state index in [0.29, 0.717) is 38.7 Å². The number of ether oxygens (including phenoxy) is 4. The van der Waals surface area contributed by atoms with Gasteiger partial charge in [0.2, 0.25) is 0 Å². The molecule has 0 radical (unpaired) electrons. The number of benzene rings is 3. The maximum atomic E-state index is 12.9. The molecule has 3 heterocycles. The molecule has 6 rings (SSSR count). The van der Waals surface area contributed by atoms with E-state index >= 15 is 0 Å². The molecule has 0 bridgehead atoms. The van der Waals surface area contributed by atoms with Crippen molar-refractivity contribution in [3.63, 3.8) is 0 Å². The Kier molecular flexibility index (Phi) is 10.2. The van der Waals surface area contributed by atoms with Gasteiger partial charge in [0.05, 0.1) is 12.2 Å². The maximum Gasteiger partial charge on any atom is 0.410 e. The van der Waals surface area contributed by atoms with Crippen LogP contribution in [0.5, 0.6) is 11.8 Å². The van der Waals surface area contributed by atoms with Crippen molar-refractivity contribution in [2.75, 3.05) is 77.1 Å². The molecule has 1 saturated heterocycles. The fraction of sp³-hybridized carbons (Fsp3) is 0.417. The van der Waals surface area contributed by atoms with Gasteiger partial charge in [-0.2, -0.15) is 9.97 Å². The van der Waals surface area contributed by atoms with Crippen LogP contribution in [0.25, 0.3) is 10.8 Å². The van der Waals surface area contributed by atoms with Crippen LogP contribution in [-0.4, -0.2) is 99.2 Å². The second-order valence-corrected chi connectivity index (χ2v) is 12.3. The number of carbonyl (C=O) groups excluding carboxylic acids is 1. The smallest absolute Gasteiger partial charge is 0.410 e. The summed E-state index contributed by atoms with van der Waals surface area (Å²) < 4.78 is 23.0. The van der Waals surface area contributed by atoms with E-state index in [1.165, 1.54) is 0 Å². The number of methoxy groups -OCH3 is 1. The third-order valence-electron chi connectivity index (χ3n) is 8.49. The lowest BCUT2D eigenvalue weighted by atomic mass is 10.0. The Morgan fingerprint density at radius 1 is 0.936 bits per heavy atom. The molecule has 47 heavy (non-hydrogen) atoms. The quantitative estimate of drug-likeness (QED) is 0.210. The average molecular weight is 641 g/mol. The highest BCUT2D eigenvalue weighted by molar-refractivity contribution is 5.95. The first-order chi connectivity index (χ1) is 22.9. The third kappa shape index (κ3) is 7.86. The molecule has 11 nitrogen and oxygen atoms in total. The van der Waals surface area contributed by atoms with Crippen LogP contribution in [0.3, 0.4) is 0 Å². The predicted molar refractivity (Wildman–Crippen MR) is 182 cm³/mol. The Hall–Kier alpha value is -4.61. The summed E-state index contributed by atoms with van der Waals surface area (Å²) in [4.78, 5) is 31.3. The Morgan fingerprint density at radius 2 is 1.70 bits per heavy atom. The summed E-state index contributed by atoms with van der Waals surface area (Å²) in [5.74, 6) is 1.65. The molecule has 11 heteroatoms. The fourth-order valence-corrected chi connectivity index (χ4v) is 6.29. The predicted octanol–water partition coefficient (Wildman–Crippen LogP) is 4.96. The lowest BCUT2D eigenvalue weighted by Crippen LogP contribution is -2.49. The molecule has 2 aliphatic rings. The molecule has 4 aromatic rings. The molecule has 0 spiro atoms. The van der Waals surface area contributed by atoms with Crippen molar-refractivity contribution >= 4 is 28.4 Å². The minimum Gasteiger partial charge on any atom is -0.467 e. The maximum absolute atomic E-state index is 12.9. The van der Waals surface area contributed by atoms with E-state index < -0.39 is 0 Å². The minimum atomic E-state index is -0.292. The second kappa shape index (κ2) is 14.9. The Labute approximate surface area is 276 Å². The van der Waals surface area contributed by atoms with E-state index in [1.807, 2.05) is 63.5 Å². The van der Waals surface area contributed by atoms with E-state index in [0.717, 1.165) is 64.4 Å². The van der Waals surface area contributed by atoms with Gasteiger partial charge < -0.3 is 38.5 Å². The van der Waals surface area contributed by atoms with Gasteiger partial charge in [-0.1, -0.05) is 54.6 Å². The second-order valence-electron chi connectivity index (χ2n) is 12.3. The van der Waals surface area contributed by atoms with E-state index in [2.05, 4.69) is 39.0 Å². The zero-order valence-electron chi connectivity index (χ0n) is 27.7. The number of hydrogen-bond donors (Lipinski definition) is 0. The topological polar surface area (TPSA) is 92.7 Å². The van der Waals surface area contributed by atoms with Crippen molar-refractivity contribution in [1.82, 2.24) is 19.8 Å². The van der Waals surface area contributed by atoms with Crippen molar-refractivity contribution < 1.29 is 23.7 Å². The molecule has 2 aliphatic heterocycles. The van der Waals surface area contributed by atoms with Gasteiger partial charge in [0.15, 0.2) is 6.79 Å². The van der Waals surface area contributed by atoms with Gasteiger partial charge in [-0.05, 0) is 44.5 Å². The SMILES string of the molecule is COCOc1cc(N2CCc3c(nc(O[C@@H](C)CN(C)C)nc3N3CCN(C(=O)OCc4ccccc4)CC3)C2)c2ccccc2c1. The number of amides is 1. The Balaban J connectivity index is 1.24. The van der Waals surface area contributed by atoms with Gasteiger partial charge in [0.25, 0.3) is 0 Å². The number of anilines is 2. The van der Waals surface area contributed by atoms with Crippen LogP contribution in [0.15, 0.2) is 66.7 Å². The van der Waals surface area contributed by atoms with Crippen molar-refractivity contribution in [1.29, 1.82) is 0 Å². The van der Waals surface area contributed by atoms with Gasteiger partial charge in [-0.3, -0.25) is 0 Å². The minimum absolute atomic E-state index is 0.0922. The summed E-state index contributed by atoms with van der Waals surface area (Å²) in [5.41, 5.74) is 4.14. The molecule has 3 aromatic carbocycles. The van der Waals surface area contributed by atoms with Crippen LogP contribution < -0.4 is 19.3 Å². The first-order valence-corrected chi connectivity index (χ1v) is 16.2. The number of piperazine rings is 1. The molecule has 1 atom stereocenters. The molecule has 1 aromatic heterocycles. The zero-order valence-corrected chi connectivity index (χ0v) is 27.7.